The Bertz CT molecular complexity index is 488. The lowest BCUT2D eigenvalue weighted by Crippen LogP contribution is -2.33. The largest absolute Gasteiger partial charge is 0.381 e. The molecule has 0 amide bonds. The minimum absolute atomic E-state index is 0.0663. The fraction of sp³-hybridized carbons (Fsp3) is 0.667. The number of nitro groups is 1. The molecule has 2 heterocycles. The normalized spacial score (nSPS) is 17.5. The highest BCUT2D eigenvalue weighted by Crippen LogP contribution is 2.31. The van der Waals surface area contributed by atoms with E-state index in [4.69, 9.17) is 4.74 Å². The van der Waals surface area contributed by atoms with Crippen molar-refractivity contribution in [3.63, 3.8) is 0 Å². The van der Waals surface area contributed by atoms with Crippen molar-refractivity contribution in [3.8, 4) is 0 Å². The number of hydrogen-bond acceptors (Lipinski definition) is 7. The first kappa shape index (κ1) is 14.4. The lowest BCUT2D eigenvalue weighted by molar-refractivity contribution is -0.384. The summed E-state index contributed by atoms with van der Waals surface area (Å²) in [5.41, 5.74) is -0.0451. The Labute approximate surface area is 117 Å². The highest BCUT2D eigenvalue weighted by atomic mass is 16.6. The minimum Gasteiger partial charge on any atom is -0.381 e. The Morgan fingerprint density at radius 3 is 2.80 bits per heavy atom. The summed E-state index contributed by atoms with van der Waals surface area (Å²) >= 11 is 0. The molecule has 2 rings (SSSR count). The smallest absolute Gasteiger partial charge is 0.329 e. The van der Waals surface area contributed by atoms with Crippen molar-refractivity contribution in [1.29, 1.82) is 0 Å². The maximum atomic E-state index is 11.0. The molecule has 0 bridgehead atoms. The molecule has 8 heteroatoms. The summed E-state index contributed by atoms with van der Waals surface area (Å²) in [7, 11) is 1.67. The van der Waals surface area contributed by atoms with Crippen molar-refractivity contribution < 1.29 is 9.66 Å². The minimum atomic E-state index is -0.478. The van der Waals surface area contributed by atoms with Crippen LogP contribution in [0.15, 0.2) is 6.20 Å². The summed E-state index contributed by atoms with van der Waals surface area (Å²) in [6, 6.07) is 0. The lowest BCUT2D eigenvalue weighted by Gasteiger charge is -2.33. The molecule has 8 nitrogen and oxygen atoms in total. The summed E-state index contributed by atoms with van der Waals surface area (Å²) in [6.07, 6.45) is 3.07. The molecule has 110 valence electrons. The second kappa shape index (κ2) is 6.00. The van der Waals surface area contributed by atoms with Gasteiger partial charge in [-0.3, -0.25) is 10.1 Å². The van der Waals surface area contributed by atoms with Gasteiger partial charge in [-0.2, -0.15) is 4.98 Å². The number of aromatic nitrogens is 2. The predicted octanol–water partition coefficient (Wildman–Crippen LogP) is 1.66. The molecule has 0 saturated carbocycles. The zero-order valence-electron chi connectivity index (χ0n) is 11.7. The highest BCUT2D eigenvalue weighted by Gasteiger charge is 2.28. The van der Waals surface area contributed by atoms with Crippen molar-refractivity contribution in [3.05, 3.63) is 16.3 Å². The van der Waals surface area contributed by atoms with Gasteiger partial charge >= 0.3 is 5.69 Å². The molecule has 0 spiro atoms. The van der Waals surface area contributed by atoms with Crippen LogP contribution < -0.4 is 10.6 Å². The first-order valence-electron chi connectivity index (χ1n) is 6.55. The van der Waals surface area contributed by atoms with Crippen molar-refractivity contribution in [1.82, 2.24) is 9.97 Å². The number of nitrogens with zero attached hydrogens (tertiary/aromatic N) is 3. The van der Waals surface area contributed by atoms with Crippen molar-refractivity contribution >= 4 is 17.5 Å². The van der Waals surface area contributed by atoms with Crippen molar-refractivity contribution in [2.24, 2.45) is 5.41 Å². The molecular formula is C12H19N5O3. The second-order valence-electron chi connectivity index (χ2n) is 5.21. The van der Waals surface area contributed by atoms with E-state index >= 15 is 0 Å². The van der Waals surface area contributed by atoms with Crippen LogP contribution in [0.2, 0.25) is 0 Å². The average Bonchev–Trinajstić information content (AvgIpc) is 2.45. The number of anilines is 2. The van der Waals surface area contributed by atoms with Crippen molar-refractivity contribution in [2.75, 3.05) is 37.4 Å². The molecule has 20 heavy (non-hydrogen) atoms. The van der Waals surface area contributed by atoms with E-state index in [1.54, 1.807) is 7.05 Å². The van der Waals surface area contributed by atoms with Gasteiger partial charge in [-0.1, -0.05) is 6.92 Å². The van der Waals surface area contributed by atoms with Crippen molar-refractivity contribution in [2.45, 2.75) is 19.8 Å². The third-order valence-electron chi connectivity index (χ3n) is 3.57. The number of nitrogens with one attached hydrogen (secondary N) is 2. The SMILES string of the molecule is CNc1ncc([N+](=O)[O-])c(NCC2(C)CCOCC2)n1. The molecule has 0 aromatic carbocycles. The Balaban J connectivity index is 2.12. The quantitative estimate of drug-likeness (QED) is 0.625. The number of hydrogen-bond donors (Lipinski definition) is 2. The summed E-state index contributed by atoms with van der Waals surface area (Å²) in [5, 5.41) is 16.9. The van der Waals surface area contributed by atoms with Gasteiger partial charge in [0.15, 0.2) is 0 Å². The zero-order valence-corrected chi connectivity index (χ0v) is 11.7. The molecule has 2 N–H and O–H groups in total. The number of rotatable bonds is 5. The van der Waals surface area contributed by atoms with E-state index in [2.05, 4.69) is 27.5 Å². The van der Waals surface area contributed by atoms with Gasteiger partial charge in [-0.05, 0) is 18.3 Å². The Kier molecular flexibility index (Phi) is 4.33. The van der Waals surface area contributed by atoms with E-state index in [1.807, 2.05) is 0 Å². The van der Waals surface area contributed by atoms with Crippen LogP contribution in [-0.2, 0) is 4.74 Å². The van der Waals surface area contributed by atoms with E-state index in [0.717, 1.165) is 26.1 Å². The van der Waals surface area contributed by atoms with Crippen LogP contribution >= 0.6 is 0 Å². The van der Waals surface area contributed by atoms with E-state index < -0.39 is 4.92 Å². The van der Waals surface area contributed by atoms with Gasteiger partial charge in [0.1, 0.15) is 6.20 Å². The van der Waals surface area contributed by atoms with E-state index in [1.165, 1.54) is 6.20 Å². The van der Waals surface area contributed by atoms with Crippen LogP contribution in [0.5, 0.6) is 0 Å². The molecule has 1 aromatic heterocycles. The standard InChI is InChI=1S/C12H19N5O3/c1-12(3-5-20-6-4-12)8-15-10-9(17(18)19)7-14-11(13-2)16-10/h7H,3-6,8H2,1-2H3,(H2,13,14,15,16). The summed E-state index contributed by atoms with van der Waals surface area (Å²) in [5.74, 6) is 0.609. The van der Waals surface area contributed by atoms with Gasteiger partial charge in [0.05, 0.1) is 4.92 Å². The summed E-state index contributed by atoms with van der Waals surface area (Å²) in [6.45, 7) is 4.23. The van der Waals surface area contributed by atoms with Gasteiger partial charge in [-0.15, -0.1) is 0 Å². The third kappa shape index (κ3) is 3.32. The Hall–Kier alpha value is -1.96. The molecule has 0 unspecified atom stereocenters. The third-order valence-corrected chi connectivity index (χ3v) is 3.57. The average molecular weight is 281 g/mol. The predicted molar refractivity (Wildman–Crippen MR) is 74.9 cm³/mol. The maximum Gasteiger partial charge on any atom is 0.329 e. The topological polar surface area (TPSA) is 102 Å². The molecule has 0 radical (unpaired) electrons. The first-order valence-corrected chi connectivity index (χ1v) is 6.55. The van der Waals surface area contributed by atoms with E-state index in [9.17, 15) is 10.1 Å². The zero-order chi connectivity index (χ0) is 14.6. The molecule has 0 atom stereocenters. The fourth-order valence-corrected chi connectivity index (χ4v) is 2.10. The Morgan fingerprint density at radius 1 is 1.50 bits per heavy atom. The maximum absolute atomic E-state index is 11.0. The molecule has 1 fully saturated rings. The van der Waals surface area contributed by atoms with Crippen LogP contribution in [0.3, 0.4) is 0 Å². The summed E-state index contributed by atoms with van der Waals surface area (Å²) < 4.78 is 5.34. The molecule has 1 aromatic rings. The van der Waals surface area contributed by atoms with Gasteiger partial charge < -0.3 is 15.4 Å². The fourth-order valence-electron chi connectivity index (χ4n) is 2.10. The number of ether oxygens (including phenoxy) is 1. The molecule has 0 aliphatic carbocycles. The molecule has 1 aliphatic rings. The van der Waals surface area contributed by atoms with Gasteiger partial charge in [0, 0.05) is 26.8 Å². The second-order valence-corrected chi connectivity index (χ2v) is 5.21. The van der Waals surface area contributed by atoms with Crippen LogP contribution in [0.25, 0.3) is 0 Å². The van der Waals surface area contributed by atoms with Gasteiger partial charge in [-0.25, -0.2) is 4.98 Å². The van der Waals surface area contributed by atoms with Crippen LogP contribution in [-0.4, -0.2) is 41.7 Å². The highest BCUT2D eigenvalue weighted by molar-refractivity contribution is 5.56. The monoisotopic (exact) mass is 281 g/mol. The van der Waals surface area contributed by atoms with Crippen LogP contribution in [0.4, 0.5) is 17.5 Å². The molecule has 1 saturated heterocycles. The van der Waals surface area contributed by atoms with Crippen LogP contribution in [0, 0.1) is 15.5 Å². The van der Waals surface area contributed by atoms with Crippen LogP contribution in [0.1, 0.15) is 19.8 Å². The molecule has 1 aliphatic heterocycles. The Morgan fingerprint density at radius 2 is 2.20 bits per heavy atom. The first-order chi connectivity index (χ1) is 9.54. The van der Waals surface area contributed by atoms with Gasteiger partial charge in [0.2, 0.25) is 11.8 Å². The van der Waals surface area contributed by atoms with Gasteiger partial charge in [0.25, 0.3) is 0 Å². The van der Waals surface area contributed by atoms with E-state index in [0.29, 0.717) is 12.5 Å². The summed E-state index contributed by atoms with van der Waals surface area (Å²) in [4.78, 5) is 18.5. The van der Waals surface area contributed by atoms with E-state index in [-0.39, 0.29) is 16.9 Å². The molecular weight excluding hydrogens is 262 g/mol. The lowest BCUT2D eigenvalue weighted by atomic mass is 9.82.